The summed E-state index contributed by atoms with van der Waals surface area (Å²) < 4.78 is 41.5. The summed E-state index contributed by atoms with van der Waals surface area (Å²) in [4.78, 5) is 34.9. The monoisotopic (exact) mass is 449 g/mol. The van der Waals surface area contributed by atoms with Crippen molar-refractivity contribution in [3.05, 3.63) is 76.0 Å². The highest BCUT2D eigenvalue weighted by Crippen LogP contribution is 2.26. The second-order valence-corrected chi connectivity index (χ2v) is 6.28. The predicted octanol–water partition coefficient (Wildman–Crippen LogP) is 3.00. The SMILES string of the molecule is O=C(NNC(=O)c1cc(OCC(F)(F)F)ccc1[N+](=O)[O-])c1cc(-c2ccccc2)n[nH]1. The third kappa shape index (κ3) is 5.59. The Morgan fingerprint density at radius 2 is 1.75 bits per heavy atom. The minimum Gasteiger partial charge on any atom is -0.484 e. The normalized spacial score (nSPS) is 11.0. The van der Waals surface area contributed by atoms with Crippen molar-refractivity contribution < 1.29 is 32.4 Å². The molecule has 166 valence electrons. The molecule has 3 rings (SSSR count). The lowest BCUT2D eigenvalue weighted by atomic mass is 10.1. The Hall–Kier alpha value is -4.42. The molecule has 0 aliphatic heterocycles. The molecule has 13 heteroatoms. The number of aromatic nitrogens is 2. The molecule has 3 N–H and O–H groups in total. The van der Waals surface area contributed by atoms with Crippen LogP contribution in [0, 0.1) is 10.1 Å². The van der Waals surface area contributed by atoms with E-state index < -0.39 is 46.5 Å². The number of nitrogens with zero attached hydrogens (tertiary/aromatic N) is 2. The van der Waals surface area contributed by atoms with Gasteiger partial charge in [-0.05, 0) is 18.2 Å². The first-order valence-corrected chi connectivity index (χ1v) is 8.83. The fourth-order valence-corrected chi connectivity index (χ4v) is 2.55. The number of amides is 2. The fourth-order valence-electron chi connectivity index (χ4n) is 2.55. The van der Waals surface area contributed by atoms with Crippen molar-refractivity contribution >= 4 is 17.5 Å². The molecule has 0 fully saturated rings. The molecule has 0 saturated heterocycles. The van der Waals surface area contributed by atoms with E-state index in [1.807, 2.05) is 11.5 Å². The van der Waals surface area contributed by atoms with Crippen molar-refractivity contribution in [3.63, 3.8) is 0 Å². The van der Waals surface area contributed by atoms with Crippen LogP contribution in [0.5, 0.6) is 5.75 Å². The number of hydrogen-bond donors (Lipinski definition) is 3. The smallest absolute Gasteiger partial charge is 0.422 e. The molecule has 0 unspecified atom stereocenters. The molecule has 0 saturated carbocycles. The van der Waals surface area contributed by atoms with Gasteiger partial charge >= 0.3 is 6.18 Å². The van der Waals surface area contributed by atoms with Crippen LogP contribution >= 0.6 is 0 Å². The molecule has 10 nitrogen and oxygen atoms in total. The number of hydrogen-bond acceptors (Lipinski definition) is 6. The van der Waals surface area contributed by atoms with Crippen molar-refractivity contribution in [2.75, 3.05) is 6.61 Å². The topological polar surface area (TPSA) is 139 Å². The maximum Gasteiger partial charge on any atom is 0.422 e. The van der Waals surface area contributed by atoms with Gasteiger partial charge in [0.15, 0.2) is 6.61 Å². The zero-order valence-corrected chi connectivity index (χ0v) is 16.0. The van der Waals surface area contributed by atoms with Crippen molar-refractivity contribution in [1.29, 1.82) is 0 Å². The first kappa shape index (κ1) is 22.3. The first-order valence-electron chi connectivity index (χ1n) is 8.83. The van der Waals surface area contributed by atoms with Gasteiger partial charge in [0.1, 0.15) is 17.0 Å². The summed E-state index contributed by atoms with van der Waals surface area (Å²) in [6.45, 7) is -1.65. The molecule has 32 heavy (non-hydrogen) atoms. The summed E-state index contributed by atoms with van der Waals surface area (Å²) in [6, 6.07) is 12.9. The number of halogens is 3. The molecule has 0 spiro atoms. The fraction of sp³-hybridized carbons (Fsp3) is 0.105. The Balaban J connectivity index is 1.70. The second-order valence-electron chi connectivity index (χ2n) is 6.28. The Labute approximate surface area is 177 Å². The minimum atomic E-state index is -4.64. The van der Waals surface area contributed by atoms with Gasteiger partial charge in [-0.2, -0.15) is 18.3 Å². The number of aromatic amines is 1. The van der Waals surface area contributed by atoms with E-state index in [-0.39, 0.29) is 5.69 Å². The highest BCUT2D eigenvalue weighted by atomic mass is 19.4. The van der Waals surface area contributed by atoms with Gasteiger partial charge in [-0.3, -0.25) is 35.7 Å². The molecular weight excluding hydrogens is 435 g/mol. The van der Waals surface area contributed by atoms with Crippen LogP contribution in [0.15, 0.2) is 54.6 Å². The Morgan fingerprint density at radius 3 is 2.41 bits per heavy atom. The van der Waals surface area contributed by atoms with Crippen LogP contribution in [0.2, 0.25) is 0 Å². The number of hydrazine groups is 1. The van der Waals surface area contributed by atoms with E-state index in [4.69, 9.17) is 0 Å². The van der Waals surface area contributed by atoms with Gasteiger partial charge < -0.3 is 4.74 Å². The molecule has 1 heterocycles. The molecule has 1 aromatic heterocycles. The van der Waals surface area contributed by atoms with Crippen LogP contribution in [0.1, 0.15) is 20.8 Å². The highest BCUT2D eigenvalue weighted by molar-refractivity contribution is 6.01. The van der Waals surface area contributed by atoms with Crippen molar-refractivity contribution in [2.45, 2.75) is 6.18 Å². The van der Waals surface area contributed by atoms with E-state index in [0.717, 1.165) is 23.8 Å². The number of nitro groups is 1. The Bertz CT molecular complexity index is 1150. The van der Waals surface area contributed by atoms with Crippen molar-refractivity contribution in [3.8, 4) is 17.0 Å². The number of rotatable bonds is 6. The number of nitro benzene ring substituents is 1. The van der Waals surface area contributed by atoms with Gasteiger partial charge in [-0.25, -0.2) is 0 Å². The lowest BCUT2D eigenvalue weighted by Crippen LogP contribution is -2.42. The van der Waals surface area contributed by atoms with Gasteiger partial charge in [0.25, 0.3) is 17.5 Å². The number of H-pyrrole nitrogens is 1. The molecule has 2 aromatic carbocycles. The third-order valence-corrected chi connectivity index (χ3v) is 3.99. The van der Waals surface area contributed by atoms with E-state index in [0.29, 0.717) is 5.69 Å². The highest BCUT2D eigenvalue weighted by Gasteiger charge is 2.29. The zero-order valence-electron chi connectivity index (χ0n) is 16.0. The van der Waals surface area contributed by atoms with Crippen LogP contribution in [0.25, 0.3) is 11.3 Å². The average molecular weight is 449 g/mol. The molecule has 0 radical (unpaired) electrons. The maximum atomic E-state index is 12.4. The number of carbonyl (C=O) groups is 2. The molecular formula is C19H14F3N5O5. The molecule has 0 atom stereocenters. The Morgan fingerprint density at radius 1 is 1.06 bits per heavy atom. The van der Waals surface area contributed by atoms with Gasteiger partial charge in [0, 0.05) is 11.6 Å². The summed E-state index contributed by atoms with van der Waals surface area (Å²) in [5, 5.41) is 17.6. The lowest BCUT2D eigenvalue weighted by molar-refractivity contribution is -0.385. The number of carbonyl (C=O) groups excluding carboxylic acids is 2. The predicted molar refractivity (Wildman–Crippen MR) is 104 cm³/mol. The summed E-state index contributed by atoms with van der Waals surface area (Å²) in [6.07, 6.45) is -4.64. The van der Waals surface area contributed by atoms with Crippen molar-refractivity contribution in [2.24, 2.45) is 0 Å². The van der Waals surface area contributed by atoms with Gasteiger partial charge in [0.05, 0.1) is 10.6 Å². The quantitative estimate of drug-likeness (QED) is 0.391. The number of alkyl halides is 3. The van der Waals surface area contributed by atoms with E-state index in [1.54, 1.807) is 24.3 Å². The third-order valence-electron chi connectivity index (χ3n) is 3.99. The summed E-state index contributed by atoms with van der Waals surface area (Å²) in [7, 11) is 0. The molecule has 0 aliphatic rings. The van der Waals surface area contributed by atoms with Gasteiger partial charge in [-0.15, -0.1) is 0 Å². The van der Waals surface area contributed by atoms with Crippen LogP contribution < -0.4 is 15.6 Å². The summed E-state index contributed by atoms with van der Waals surface area (Å²) in [5.41, 5.74) is 3.91. The molecule has 2 amide bonds. The number of nitrogens with one attached hydrogen (secondary N) is 3. The Kier molecular flexibility index (Phi) is 6.37. The minimum absolute atomic E-state index is 0.0130. The number of ether oxygens (including phenoxy) is 1. The van der Waals surface area contributed by atoms with Crippen molar-refractivity contribution in [1.82, 2.24) is 21.0 Å². The molecule has 0 aliphatic carbocycles. The maximum absolute atomic E-state index is 12.4. The van der Waals surface area contributed by atoms with Crippen LogP contribution in [-0.4, -0.2) is 39.7 Å². The van der Waals surface area contributed by atoms with E-state index >= 15 is 0 Å². The standard InChI is InChI=1S/C19H14F3N5O5/c20-19(21,22)10-32-12-6-7-16(27(30)31)13(8-12)17(28)25-26-18(29)15-9-14(23-24-15)11-4-2-1-3-5-11/h1-9H,10H2,(H,23,24)(H,25,28)(H,26,29). The lowest BCUT2D eigenvalue weighted by Gasteiger charge is -2.11. The average Bonchev–Trinajstić information content (AvgIpc) is 3.26. The van der Waals surface area contributed by atoms with E-state index in [9.17, 15) is 32.9 Å². The van der Waals surface area contributed by atoms with Gasteiger partial charge in [0.2, 0.25) is 0 Å². The van der Waals surface area contributed by atoms with E-state index in [2.05, 4.69) is 20.4 Å². The van der Waals surface area contributed by atoms with Crippen LogP contribution in [0.4, 0.5) is 18.9 Å². The van der Waals surface area contributed by atoms with E-state index in [1.165, 1.54) is 6.07 Å². The number of benzene rings is 2. The first-order chi connectivity index (χ1) is 15.1. The van der Waals surface area contributed by atoms with Crippen LogP contribution in [0.3, 0.4) is 0 Å². The van der Waals surface area contributed by atoms with Crippen LogP contribution in [-0.2, 0) is 0 Å². The largest absolute Gasteiger partial charge is 0.484 e. The summed E-state index contributed by atoms with van der Waals surface area (Å²) in [5.74, 6) is -2.35. The van der Waals surface area contributed by atoms with Gasteiger partial charge in [-0.1, -0.05) is 30.3 Å². The summed E-state index contributed by atoms with van der Waals surface area (Å²) >= 11 is 0. The second kappa shape index (κ2) is 9.16. The molecule has 0 bridgehead atoms. The zero-order chi connectivity index (χ0) is 23.3. The molecule has 3 aromatic rings.